The average Bonchev–Trinajstić information content (AvgIpc) is 2.49. The lowest BCUT2D eigenvalue weighted by Crippen LogP contribution is -2.44. The van der Waals surface area contributed by atoms with Crippen molar-refractivity contribution in [1.29, 1.82) is 0 Å². The molecular weight excluding hydrogens is 268 g/mol. The molecule has 1 aliphatic heterocycles. The molecule has 1 heterocycles. The van der Waals surface area contributed by atoms with Gasteiger partial charge in [0, 0.05) is 30.6 Å². The third-order valence-electron chi connectivity index (χ3n) is 4.63. The van der Waals surface area contributed by atoms with Crippen molar-refractivity contribution in [3.8, 4) is 0 Å². The zero-order valence-electron chi connectivity index (χ0n) is 13.1. The Morgan fingerprint density at radius 3 is 2.50 bits per heavy atom. The zero-order valence-corrected chi connectivity index (χ0v) is 13.9. The molecule has 0 aromatic carbocycles. The van der Waals surface area contributed by atoms with Crippen LogP contribution in [0.1, 0.15) is 32.1 Å². The molecule has 0 aromatic rings. The number of rotatable bonds is 4. The largest absolute Gasteiger partial charge is 0.370 e. The summed E-state index contributed by atoms with van der Waals surface area (Å²) in [5.74, 6) is 3.91. The van der Waals surface area contributed by atoms with Crippen molar-refractivity contribution < 1.29 is 0 Å². The van der Waals surface area contributed by atoms with E-state index in [0.717, 1.165) is 31.5 Å². The second-order valence-corrected chi connectivity index (χ2v) is 7.45. The minimum absolute atomic E-state index is 0.549. The summed E-state index contributed by atoms with van der Waals surface area (Å²) in [6.07, 6.45) is 6.90. The summed E-state index contributed by atoms with van der Waals surface area (Å²) < 4.78 is 0. The molecule has 5 heteroatoms. The zero-order chi connectivity index (χ0) is 14.4. The predicted octanol–water partition coefficient (Wildman–Crippen LogP) is 1.86. The molecule has 20 heavy (non-hydrogen) atoms. The Morgan fingerprint density at radius 2 is 1.90 bits per heavy atom. The Morgan fingerprint density at radius 1 is 1.25 bits per heavy atom. The Kier molecular flexibility index (Phi) is 6.49. The molecule has 1 unspecified atom stereocenters. The lowest BCUT2D eigenvalue weighted by atomic mass is 9.83. The summed E-state index contributed by atoms with van der Waals surface area (Å²) >= 11 is 2.01. The second-order valence-electron chi connectivity index (χ2n) is 6.23. The first-order valence-electron chi connectivity index (χ1n) is 7.97. The SMILES string of the molecule is CN(C)C(CN=C(N)N1CCSCC1)C1CCCCC1. The van der Waals surface area contributed by atoms with Gasteiger partial charge in [0.15, 0.2) is 5.96 Å². The molecule has 2 aliphatic rings. The Bertz CT molecular complexity index is 307. The molecule has 1 saturated heterocycles. The highest BCUT2D eigenvalue weighted by molar-refractivity contribution is 7.99. The molecule has 1 saturated carbocycles. The number of hydrogen-bond acceptors (Lipinski definition) is 3. The molecule has 2 rings (SSSR count). The van der Waals surface area contributed by atoms with E-state index in [-0.39, 0.29) is 0 Å². The predicted molar refractivity (Wildman–Crippen MR) is 89.4 cm³/mol. The van der Waals surface area contributed by atoms with Gasteiger partial charge in [0.1, 0.15) is 0 Å². The Labute approximate surface area is 128 Å². The maximum Gasteiger partial charge on any atom is 0.191 e. The van der Waals surface area contributed by atoms with E-state index in [0.29, 0.717) is 6.04 Å². The summed E-state index contributed by atoms with van der Waals surface area (Å²) in [6, 6.07) is 0.549. The van der Waals surface area contributed by atoms with Crippen LogP contribution in [0.3, 0.4) is 0 Å². The van der Waals surface area contributed by atoms with Gasteiger partial charge < -0.3 is 15.5 Å². The number of nitrogens with two attached hydrogens (primary N) is 1. The molecule has 2 fully saturated rings. The van der Waals surface area contributed by atoms with E-state index in [2.05, 4.69) is 23.9 Å². The highest BCUT2D eigenvalue weighted by Crippen LogP contribution is 2.28. The highest BCUT2D eigenvalue weighted by atomic mass is 32.2. The molecule has 1 atom stereocenters. The van der Waals surface area contributed by atoms with E-state index in [1.165, 1.54) is 43.6 Å². The first kappa shape index (κ1) is 16.0. The first-order valence-corrected chi connectivity index (χ1v) is 9.13. The summed E-state index contributed by atoms with van der Waals surface area (Å²) in [6.45, 7) is 2.96. The van der Waals surface area contributed by atoms with Gasteiger partial charge in [-0.25, -0.2) is 0 Å². The summed E-state index contributed by atoms with van der Waals surface area (Å²) in [4.78, 5) is 9.30. The van der Waals surface area contributed by atoms with Crippen molar-refractivity contribution in [2.24, 2.45) is 16.6 Å². The molecule has 0 spiro atoms. The van der Waals surface area contributed by atoms with Crippen LogP contribution in [0.2, 0.25) is 0 Å². The summed E-state index contributed by atoms with van der Waals surface area (Å²) in [7, 11) is 4.37. The first-order chi connectivity index (χ1) is 9.68. The molecule has 0 amide bonds. The monoisotopic (exact) mass is 298 g/mol. The van der Waals surface area contributed by atoms with Crippen LogP contribution in [0.4, 0.5) is 0 Å². The van der Waals surface area contributed by atoms with Gasteiger partial charge in [-0.2, -0.15) is 11.8 Å². The smallest absolute Gasteiger partial charge is 0.191 e. The molecule has 0 radical (unpaired) electrons. The normalized spacial score (nSPS) is 24.1. The van der Waals surface area contributed by atoms with Crippen LogP contribution in [0, 0.1) is 5.92 Å². The van der Waals surface area contributed by atoms with Gasteiger partial charge >= 0.3 is 0 Å². The molecular formula is C15H30N4S. The Hall–Kier alpha value is -0.420. The van der Waals surface area contributed by atoms with Gasteiger partial charge in [-0.3, -0.25) is 4.99 Å². The van der Waals surface area contributed by atoms with Gasteiger partial charge in [0.05, 0.1) is 6.54 Å². The van der Waals surface area contributed by atoms with Gasteiger partial charge in [0.2, 0.25) is 0 Å². The van der Waals surface area contributed by atoms with E-state index in [4.69, 9.17) is 10.7 Å². The molecule has 116 valence electrons. The summed E-state index contributed by atoms with van der Waals surface area (Å²) in [5, 5.41) is 0. The number of thioether (sulfide) groups is 1. The van der Waals surface area contributed by atoms with Crippen molar-refractivity contribution in [3.05, 3.63) is 0 Å². The van der Waals surface area contributed by atoms with Crippen molar-refractivity contribution >= 4 is 17.7 Å². The van der Waals surface area contributed by atoms with Crippen LogP contribution in [0.5, 0.6) is 0 Å². The number of nitrogens with zero attached hydrogens (tertiary/aromatic N) is 3. The van der Waals surface area contributed by atoms with Crippen LogP contribution < -0.4 is 5.73 Å². The van der Waals surface area contributed by atoms with Gasteiger partial charge in [-0.1, -0.05) is 19.3 Å². The highest BCUT2D eigenvalue weighted by Gasteiger charge is 2.25. The quantitative estimate of drug-likeness (QED) is 0.635. The van der Waals surface area contributed by atoms with Crippen molar-refractivity contribution in [2.45, 2.75) is 38.1 Å². The van der Waals surface area contributed by atoms with E-state index < -0.39 is 0 Å². The third kappa shape index (κ3) is 4.55. The Balaban J connectivity index is 1.89. The molecule has 2 N–H and O–H groups in total. The minimum atomic E-state index is 0.549. The van der Waals surface area contributed by atoms with Crippen LogP contribution in [0.15, 0.2) is 4.99 Å². The van der Waals surface area contributed by atoms with Crippen LogP contribution >= 0.6 is 11.8 Å². The van der Waals surface area contributed by atoms with Gasteiger partial charge in [0.25, 0.3) is 0 Å². The number of guanidine groups is 1. The van der Waals surface area contributed by atoms with Gasteiger partial charge in [-0.15, -0.1) is 0 Å². The second kappa shape index (κ2) is 8.13. The fraction of sp³-hybridized carbons (Fsp3) is 0.933. The standard InChI is InChI=1S/C15H30N4S/c1-18(2)14(13-6-4-3-5-7-13)12-17-15(16)19-8-10-20-11-9-19/h13-14H,3-12H2,1-2H3,(H2,16,17). The topological polar surface area (TPSA) is 44.9 Å². The molecule has 4 nitrogen and oxygen atoms in total. The van der Waals surface area contributed by atoms with Crippen molar-refractivity contribution in [1.82, 2.24) is 9.80 Å². The third-order valence-corrected chi connectivity index (χ3v) is 5.58. The fourth-order valence-electron chi connectivity index (χ4n) is 3.33. The van der Waals surface area contributed by atoms with E-state index in [9.17, 15) is 0 Å². The number of hydrogen-bond donors (Lipinski definition) is 1. The lowest BCUT2D eigenvalue weighted by Gasteiger charge is -2.34. The molecule has 0 aromatic heterocycles. The maximum atomic E-state index is 6.17. The van der Waals surface area contributed by atoms with Gasteiger partial charge in [-0.05, 0) is 32.9 Å². The lowest BCUT2D eigenvalue weighted by molar-refractivity contribution is 0.175. The van der Waals surface area contributed by atoms with Crippen LogP contribution in [-0.2, 0) is 0 Å². The van der Waals surface area contributed by atoms with Crippen molar-refractivity contribution in [3.63, 3.8) is 0 Å². The van der Waals surface area contributed by atoms with Crippen LogP contribution in [-0.4, -0.2) is 67.0 Å². The minimum Gasteiger partial charge on any atom is -0.370 e. The number of aliphatic imine (C=N–C) groups is 1. The van der Waals surface area contributed by atoms with Crippen molar-refractivity contribution in [2.75, 3.05) is 45.2 Å². The maximum absolute atomic E-state index is 6.17. The number of likely N-dealkylation sites (N-methyl/N-ethyl adjacent to an activating group) is 1. The fourth-order valence-corrected chi connectivity index (χ4v) is 4.24. The molecule has 0 bridgehead atoms. The average molecular weight is 299 g/mol. The molecule has 1 aliphatic carbocycles. The summed E-state index contributed by atoms with van der Waals surface area (Å²) in [5.41, 5.74) is 6.17. The van der Waals surface area contributed by atoms with E-state index in [1.54, 1.807) is 0 Å². The van der Waals surface area contributed by atoms with E-state index >= 15 is 0 Å². The van der Waals surface area contributed by atoms with Crippen LogP contribution in [0.25, 0.3) is 0 Å². The van der Waals surface area contributed by atoms with E-state index in [1.807, 2.05) is 11.8 Å².